The number of nitrogens with zero attached hydrogens (tertiary/aromatic N) is 2. The fourth-order valence-electron chi connectivity index (χ4n) is 4.15. The van der Waals surface area contributed by atoms with Gasteiger partial charge in [-0.1, -0.05) is 30.3 Å². The van der Waals surface area contributed by atoms with Crippen LogP contribution < -0.4 is 5.32 Å². The molecular weight excluding hydrogens is 378 g/mol. The minimum absolute atomic E-state index is 0.0234. The van der Waals surface area contributed by atoms with Crippen molar-refractivity contribution in [3.63, 3.8) is 0 Å². The zero-order valence-electron chi connectivity index (χ0n) is 16.3. The highest BCUT2D eigenvalue weighted by Gasteiger charge is 2.50. The lowest BCUT2D eigenvalue weighted by Crippen LogP contribution is -2.56. The number of carbonyl (C=O) groups is 3. The Hall–Kier alpha value is -2.06. The number of methoxy groups -OCH3 is 1. The van der Waals surface area contributed by atoms with Gasteiger partial charge in [0.1, 0.15) is 0 Å². The fraction of sp³-hybridized carbons (Fsp3) is 0.550. The molecule has 28 heavy (non-hydrogen) atoms. The second-order valence-corrected chi connectivity index (χ2v) is 8.01. The van der Waals surface area contributed by atoms with Crippen LogP contribution >= 0.6 is 11.8 Å². The van der Waals surface area contributed by atoms with Gasteiger partial charge < -0.3 is 19.9 Å². The van der Waals surface area contributed by atoms with E-state index in [-0.39, 0.29) is 42.3 Å². The molecule has 0 radical (unpaired) electrons. The maximum Gasteiger partial charge on any atom is 0.243 e. The minimum atomic E-state index is -0.344. The molecule has 0 aliphatic carbocycles. The standard InChI is InChI=1S/C20H27N3O4S/c1-27-9-8-21-20(26)16-10-15-11-22(18(25)13-28-2)12-17(24)23(15)19(16)14-6-4-3-5-7-14/h3-7,15-16,19H,8-13H2,1-2H3,(H,21,26)/t15-,16-,19-/m1/s1. The summed E-state index contributed by atoms with van der Waals surface area (Å²) in [5, 5.41) is 2.92. The lowest BCUT2D eigenvalue weighted by atomic mass is 9.92. The fourth-order valence-corrected chi connectivity index (χ4v) is 4.58. The number of hydrogen-bond donors (Lipinski definition) is 1. The molecule has 1 aromatic carbocycles. The maximum absolute atomic E-state index is 13.0. The maximum atomic E-state index is 13.0. The first-order chi connectivity index (χ1) is 13.6. The first-order valence-corrected chi connectivity index (χ1v) is 10.9. The van der Waals surface area contributed by atoms with Gasteiger partial charge in [0.2, 0.25) is 17.7 Å². The Morgan fingerprint density at radius 1 is 1.29 bits per heavy atom. The van der Waals surface area contributed by atoms with Gasteiger partial charge in [-0.3, -0.25) is 14.4 Å². The van der Waals surface area contributed by atoms with Crippen LogP contribution in [0.4, 0.5) is 0 Å². The van der Waals surface area contributed by atoms with Crippen LogP contribution in [0.1, 0.15) is 18.0 Å². The molecule has 0 aromatic heterocycles. The third-order valence-electron chi connectivity index (χ3n) is 5.35. The number of piperazine rings is 1. The Bertz CT molecular complexity index is 715. The van der Waals surface area contributed by atoms with Crippen LogP contribution in [0, 0.1) is 5.92 Å². The van der Waals surface area contributed by atoms with Crippen molar-refractivity contribution < 1.29 is 19.1 Å². The van der Waals surface area contributed by atoms with Gasteiger partial charge in [-0.15, -0.1) is 0 Å². The van der Waals surface area contributed by atoms with Crippen molar-refractivity contribution in [1.82, 2.24) is 15.1 Å². The van der Waals surface area contributed by atoms with Crippen LogP contribution in [0.3, 0.4) is 0 Å². The van der Waals surface area contributed by atoms with Gasteiger partial charge in [0.05, 0.1) is 36.9 Å². The average Bonchev–Trinajstić information content (AvgIpc) is 3.09. The number of amides is 3. The van der Waals surface area contributed by atoms with Crippen molar-refractivity contribution in [3.8, 4) is 0 Å². The van der Waals surface area contributed by atoms with E-state index < -0.39 is 0 Å². The number of fused-ring (bicyclic) bond motifs is 1. The highest BCUT2D eigenvalue weighted by molar-refractivity contribution is 7.99. The number of carbonyl (C=O) groups excluding carboxylic acids is 3. The summed E-state index contributed by atoms with van der Waals surface area (Å²) in [4.78, 5) is 41.6. The van der Waals surface area contributed by atoms with E-state index >= 15 is 0 Å². The van der Waals surface area contributed by atoms with Gasteiger partial charge in [-0.2, -0.15) is 11.8 Å². The van der Waals surface area contributed by atoms with Crippen molar-refractivity contribution in [1.29, 1.82) is 0 Å². The van der Waals surface area contributed by atoms with Gasteiger partial charge >= 0.3 is 0 Å². The van der Waals surface area contributed by atoms with Crippen LogP contribution in [0.2, 0.25) is 0 Å². The molecular formula is C20H27N3O4S. The van der Waals surface area contributed by atoms with E-state index in [9.17, 15) is 14.4 Å². The van der Waals surface area contributed by atoms with Crippen LogP contribution in [0.15, 0.2) is 30.3 Å². The summed E-state index contributed by atoms with van der Waals surface area (Å²) in [6.45, 7) is 1.44. The Kier molecular flexibility index (Phi) is 6.96. The highest BCUT2D eigenvalue weighted by atomic mass is 32.2. The van der Waals surface area contributed by atoms with E-state index in [0.717, 1.165) is 5.56 Å². The summed E-state index contributed by atoms with van der Waals surface area (Å²) in [5.41, 5.74) is 0.953. The molecule has 3 rings (SSSR count). The molecule has 0 bridgehead atoms. The summed E-state index contributed by atoms with van der Waals surface area (Å²) in [6.07, 6.45) is 2.42. The number of nitrogens with one attached hydrogen (secondary N) is 1. The molecule has 8 heteroatoms. The molecule has 7 nitrogen and oxygen atoms in total. The van der Waals surface area contributed by atoms with Crippen molar-refractivity contribution in [2.75, 3.05) is 45.4 Å². The minimum Gasteiger partial charge on any atom is -0.383 e. The van der Waals surface area contributed by atoms with E-state index in [1.54, 1.807) is 12.0 Å². The number of rotatable bonds is 7. The molecule has 0 unspecified atom stereocenters. The third-order valence-corrected chi connectivity index (χ3v) is 5.88. The monoisotopic (exact) mass is 405 g/mol. The van der Waals surface area contributed by atoms with Gasteiger partial charge in [0, 0.05) is 20.2 Å². The Morgan fingerprint density at radius 2 is 2.04 bits per heavy atom. The van der Waals surface area contributed by atoms with Gasteiger partial charge in [-0.25, -0.2) is 0 Å². The van der Waals surface area contributed by atoms with Crippen LogP contribution in [-0.2, 0) is 19.1 Å². The van der Waals surface area contributed by atoms with Crippen molar-refractivity contribution >= 4 is 29.5 Å². The van der Waals surface area contributed by atoms with Crippen LogP contribution in [0.5, 0.6) is 0 Å². The Balaban J connectivity index is 1.84. The topological polar surface area (TPSA) is 79.0 Å². The molecule has 2 aliphatic rings. The molecule has 0 spiro atoms. The first-order valence-electron chi connectivity index (χ1n) is 9.46. The number of benzene rings is 1. The Labute approximate surface area is 169 Å². The summed E-state index contributed by atoms with van der Waals surface area (Å²) in [7, 11) is 1.59. The summed E-state index contributed by atoms with van der Waals surface area (Å²) < 4.78 is 5.02. The second-order valence-electron chi connectivity index (χ2n) is 7.14. The first kappa shape index (κ1) is 20.7. The molecule has 0 saturated carbocycles. The summed E-state index contributed by atoms with van der Waals surface area (Å²) in [6, 6.07) is 9.23. The zero-order valence-corrected chi connectivity index (χ0v) is 17.1. The average molecular weight is 406 g/mol. The van der Waals surface area contributed by atoms with E-state index in [4.69, 9.17) is 4.74 Å². The predicted molar refractivity (Wildman–Crippen MR) is 108 cm³/mol. The lowest BCUT2D eigenvalue weighted by Gasteiger charge is -2.40. The largest absolute Gasteiger partial charge is 0.383 e. The molecule has 3 atom stereocenters. The number of ether oxygens (including phenoxy) is 1. The van der Waals surface area contributed by atoms with Crippen LogP contribution in [-0.4, -0.2) is 78.9 Å². The Morgan fingerprint density at radius 3 is 2.71 bits per heavy atom. The van der Waals surface area contributed by atoms with E-state index in [1.165, 1.54) is 11.8 Å². The molecule has 1 aromatic rings. The summed E-state index contributed by atoms with van der Waals surface area (Å²) in [5.74, 6) is -0.168. The zero-order chi connectivity index (χ0) is 20.1. The molecule has 2 aliphatic heterocycles. The highest BCUT2D eigenvalue weighted by Crippen LogP contribution is 2.43. The number of hydrogen-bond acceptors (Lipinski definition) is 5. The number of thioether (sulfide) groups is 1. The third kappa shape index (κ3) is 4.33. The molecule has 2 saturated heterocycles. The second kappa shape index (κ2) is 9.43. The van der Waals surface area contributed by atoms with Gasteiger partial charge in [-0.05, 0) is 18.2 Å². The lowest BCUT2D eigenvalue weighted by molar-refractivity contribution is -0.148. The van der Waals surface area contributed by atoms with Gasteiger partial charge in [0.15, 0.2) is 0 Å². The van der Waals surface area contributed by atoms with Crippen molar-refractivity contribution in [3.05, 3.63) is 35.9 Å². The smallest absolute Gasteiger partial charge is 0.243 e. The van der Waals surface area contributed by atoms with E-state index in [0.29, 0.717) is 31.9 Å². The SMILES string of the molecule is COCCNC(=O)[C@@H]1C[C@@H]2CN(C(=O)CSC)CC(=O)N2[C@@H]1c1ccccc1. The van der Waals surface area contributed by atoms with E-state index in [2.05, 4.69) is 5.32 Å². The normalized spacial score (nSPS) is 24.2. The quantitative estimate of drug-likeness (QED) is 0.683. The molecule has 2 fully saturated rings. The molecule has 2 heterocycles. The summed E-state index contributed by atoms with van der Waals surface area (Å²) >= 11 is 1.45. The molecule has 3 amide bonds. The van der Waals surface area contributed by atoms with Crippen molar-refractivity contribution in [2.45, 2.75) is 18.5 Å². The molecule has 1 N–H and O–H groups in total. The van der Waals surface area contributed by atoms with E-state index in [1.807, 2.05) is 41.5 Å². The van der Waals surface area contributed by atoms with Crippen LogP contribution in [0.25, 0.3) is 0 Å². The predicted octanol–water partition coefficient (Wildman–Crippen LogP) is 0.913. The van der Waals surface area contributed by atoms with Gasteiger partial charge in [0.25, 0.3) is 0 Å². The molecule has 152 valence electrons. The van der Waals surface area contributed by atoms with Crippen molar-refractivity contribution in [2.24, 2.45) is 5.92 Å².